The van der Waals surface area contributed by atoms with Gasteiger partial charge < -0.3 is 14.2 Å². The first kappa shape index (κ1) is 27.0. The molecule has 3 rings (SSSR count). The first-order chi connectivity index (χ1) is 16.9. The van der Waals surface area contributed by atoms with Gasteiger partial charge in [0.15, 0.2) is 5.75 Å². The van der Waals surface area contributed by atoms with Crippen LogP contribution in [0.3, 0.4) is 0 Å². The van der Waals surface area contributed by atoms with Crippen molar-refractivity contribution in [3.8, 4) is 11.5 Å². The van der Waals surface area contributed by atoms with E-state index in [1.54, 1.807) is 12.1 Å². The van der Waals surface area contributed by atoms with Crippen molar-refractivity contribution >= 4 is 49.6 Å². The predicted molar refractivity (Wildman–Crippen MR) is 136 cm³/mol. The van der Waals surface area contributed by atoms with Crippen LogP contribution in [0.2, 0.25) is 5.02 Å². The molecule has 3 aromatic carbocycles. The standard InChI is InChI=1S/C23H22ClN3O7S2/c1-15-4-8-19(9-5-15)35(29,30)27-25-14-17-12-21(24)23(22(13-17)33-3)34-36(31,32)20-10-6-18(7-11-20)26-16(2)28/h4-14,27H,1-3H3,(H,26,28)/b25-14-. The van der Waals surface area contributed by atoms with Gasteiger partial charge in [-0.2, -0.15) is 21.9 Å². The summed E-state index contributed by atoms with van der Waals surface area (Å²) in [6.07, 6.45) is 1.18. The lowest BCUT2D eigenvalue weighted by Crippen LogP contribution is -2.18. The second kappa shape index (κ2) is 11.0. The number of sulfonamides is 1. The molecule has 0 aliphatic rings. The Morgan fingerprint density at radius 2 is 1.58 bits per heavy atom. The zero-order chi connectivity index (χ0) is 26.5. The Kier molecular flexibility index (Phi) is 8.23. The summed E-state index contributed by atoms with van der Waals surface area (Å²) in [6, 6.07) is 14.3. The van der Waals surface area contributed by atoms with Crippen LogP contribution in [0, 0.1) is 6.92 Å². The van der Waals surface area contributed by atoms with E-state index >= 15 is 0 Å². The van der Waals surface area contributed by atoms with Gasteiger partial charge in [-0.15, -0.1) is 0 Å². The Bertz CT molecular complexity index is 1500. The fourth-order valence-corrected chi connectivity index (χ4v) is 4.95. The van der Waals surface area contributed by atoms with Gasteiger partial charge in [0, 0.05) is 12.6 Å². The number of carbonyl (C=O) groups excluding carboxylic acids is 1. The van der Waals surface area contributed by atoms with Gasteiger partial charge in [0.1, 0.15) is 4.90 Å². The van der Waals surface area contributed by atoms with Crippen LogP contribution in [0.25, 0.3) is 0 Å². The summed E-state index contributed by atoms with van der Waals surface area (Å²) in [4.78, 5) is 13.1. The quantitative estimate of drug-likeness (QED) is 0.235. The van der Waals surface area contributed by atoms with Gasteiger partial charge in [-0.05, 0) is 61.0 Å². The van der Waals surface area contributed by atoms with E-state index in [0.29, 0.717) is 11.3 Å². The lowest BCUT2D eigenvalue weighted by molar-refractivity contribution is -0.114. The summed E-state index contributed by atoms with van der Waals surface area (Å²) in [5, 5.41) is 6.16. The van der Waals surface area contributed by atoms with Crippen molar-refractivity contribution in [1.29, 1.82) is 0 Å². The minimum atomic E-state index is -4.30. The summed E-state index contributed by atoms with van der Waals surface area (Å²) in [6.45, 7) is 3.16. The summed E-state index contributed by atoms with van der Waals surface area (Å²) in [7, 11) is -6.90. The van der Waals surface area contributed by atoms with Gasteiger partial charge in [-0.3, -0.25) is 4.79 Å². The number of hydrogen-bond donors (Lipinski definition) is 2. The summed E-state index contributed by atoms with van der Waals surface area (Å²) in [5.74, 6) is -0.587. The highest BCUT2D eigenvalue weighted by atomic mass is 35.5. The zero-order valence-corrected chi connectivity index (χ0v) is 21.7. The molecule has 0 bridgehead atoms. The molecule has 0 spiro atoms. The first-order valence-electron chi connectivity index (χ1n) is 10.2. The van der Waals surface area contributed by atoms with E-state index in [-0.39, 0.29) is 32.2 Å². The number of rotatable bonds is 9. The van der Waals surface area contributed by atoms with Gasteiger partial charge in [-0.1, -0.05) is 29.3 Å². The zero-order valence-electron chi connectivity index (χ0n) is 19.4. The molecule has 0 saturated heterocycles. The number of aryl methyl sites for hydroxylation is 1. The molecule has 10 nitrogen and oxygen atoms in total. The monoisotopic (exact) mass is 551 g/mol. The molecule has 0 aliphatic heterocycles. The number of hydrogen-bond acceptors (Lipinski definition) is 8. The molecular weight excluding hydrogens is 530 g/mol. The van der Waals surface area contributed by atoms with Gasteiger partial charge in [-0.25, -0.2) is 4.83 Å². The van der Waals surface area contributed by atoms with Gasteiger partial charge in [0.05, 0.1) is 23.2 Å². The van der Waals surface area contributed by atoms with Crippen LogP contribution in [-0.4, -0.2) is 36.1 Å². The molecule has 3 aromatic rings. The van der Waals surface area contributed by atoms with Crippen molar-refractivity contribution in [1.82, 2.24) is 4.83 Å². The number of methoxy groups -OCH3 is 1. The maximum Gasteiger partial charge on any atom is 0.339 e. The van der Waals surface area contributed by atoms with E-state index in [1.807, 2.05) is 6.92 Å². The van der Waals surface area contributed by atoms with Crippen LogP contribution < -0.4 is 19.1 Å². The lowest BCUT2D eigenvalue weighted by atomic mass is 10.2. The summed E-state index contributed by atoms with van der Waals surface area (Å²) in [5.41, 5.74) is 1.64. The highest BCUT2D eigenvalue weighted by molar-refractivity contribution is 7.89. The number of benzene rings is 3. The number of carbonyl (C=O) groups is 1. The third-order valence-corrected chi connectivity index (χ3v) is 7.38. The molecule has 36 heavy (non-hydrogen) atoms. The molecule has 0 heterocycles. The minimum absolute atomic E-state index is 0.0243. The normalized spacial score (nSPS) is 11.8. The van der Waals surface area contributed by atoms with Crippen LogP contribution in [0.1, 0.15) is 18.1 Å². The predicted octanol–water partition coefficient (Wildman–Crippen LogP) is 3.70. The summed E-state index contributed by atoms with van der Waals surface area (Å²) >= 11 is 6.25. The summed E-state index contributed by atoms with van der Waals surface area (Å²) < 4.78 is 60.7. The number of nitrogens with one attached hydrogen (secondary N) is 2. The van der Waals surface area contributed by atoms with Gasteiger partial charge in [0.2, 0.25) is 11.7 Å². The first-order valence-corrected chi connectivity index (χ1v) is 13.5. The SMILES string of the molecule is COc1cc(/C=N\NS(=O)(=O)c2ccc(C)cc2)cc(Cl)c1OS(=O)(=O)c1ccc(NC(C)=O)cc1. The van der Waals surface area contributed by atoms with Crippen LogP contribution in [0.15, 0.2) is 75.6 Å². The Balaban J connectivity index is 1.80. The number of amides is 1. The fraction of sp³-hybridized carbons (Fsp3) is 0.130. The van der Waals surface area contributed by atoms with E-state index < -0.39 is 20.1 Å². The molecule has 0 unspecified atom stereocenters. The molecule has 0 aliphatic carbocycles. The molecule has 1 amide bonds. The second-order valence-electron chi connectivity index (χ2n) is 7.44. The van der Waals surface area contributed by atoms with E-state index in [4.69, 9.17) is 20.5 Å². The van der Waals surface area contributed by atoms with E-state index in [2.05, 4.69) is 15.2 Å². The fourth-order valence-electron chi connectivity index (χ4n) is 2.90. The number of hydrazone groups is 1. The molecule has 0 radical (unpaired) electrons. The van der Waals surface area contributed by atoms with Crippen molar-refractivity contribution in [2.24, 2.45) is 5.10 Å². The molecular formula is C23H22ClN3O7S2. The smallest absolute Gasteiger partial charge is 0.339 e. The number of ether oxygens (including phenoxy) is 1. The molecule has 190 valence electrons. The van der Waals surface area contributed by atoms with Crippen LogP contribution in [0.4, 0.5) is 5.69 Å². The molecule has 0 saturated carbocycles. The van der Waals surface area contributed by atoms with Crippen molar-refractivity contribution in [2.75, 3.05) is 12.4 Å². The van der Waals surface area contributed by atoms with E-state index in [1.165, 1.54) is 68.8 Å². The van der Waals surface area contributed by atoms with Crippen LogP contribution in [0.5, 0.6) is 11.5 Å². The largest absolute Gasteiger partial charge is 0.493 e. The Hall–Kier alpha value is -3.61. The highest BCUT2D eigenvalue weighted by Crippen LogP contribution is 2.38. The Labute approximate surface area is 214 Å². The molecule has 0 fully saturated rings. The number of nitrogens with zero attached hydrogens (tertiary/aromatic N) is 1. The number of anilines is 1. The lowest BCUT2D eigenvalue weighted by Gasteiger charge is -2.13. The van der Waals surface area contributed by atoms with Crippen molar-refractivity contribution in [3.63, 3.8) is 0 Å². The van der Waals surface area contributed by atoms with Crippen LogP contribution in [-0.2, 0) is 24.9 Å². The Morgan fingerprint density at radius 3 is 2.17 bits per heavy atom. The maximum atomic E-state index is 12.8. The van der Waals surface area contributed by atoms with Crippen molar-refractivity contribution in [2.45, 2.75) is 23.6 Å². The maximum absolute atomic E-state index is 12.8. The topological polar surface area (TPSA) is 140 Å². The highest BCUT2D eigenvalue weighted by Gasteiger charge is 2.22. The van der Waals surface area contributed by atoms with Crippen molar-refractivity contribution < 1.29 is 30.6 Å². The number of halogens is 1. The minimum Gasteiger partial charge on any atom is -0.493 e. The second-order valence-corrected chi connectivity index (χ2v) is 11.1. The average molecular weight is 552 g/mol. The van der Waals surface area contributed by atoms with Crippen LogP contribution >= 0.6 is 11.6 Å². The average Bonchev–Trinajstić information content (AvgIpc) is 2.80. The van der Waals surface area contributed by atoms with Crippen molar-refractivity contribution in [3.05, 3.63) is 76.8 Å². The molecule has 2 N–H and O–H groups in total. The van der Waals surface area contributed by atoms with Gasteiger partial charge >= 0.3 is 10.1 Å². The van der Waals surface area contributed by atoms with E-state index in [0.717, 1.165) is 5.56 Å². The molecule has 0 aromatic heterocycles. The van der Waals surface area contributed by atoms with Gasteiger partial charge in [0.25, 0.3) is 10.0 Å². The molecule has 0 atom stereocenters. The third kappa shape index (κ3) is 6.74. The Morgan fingerprint density at radius 1 is 0.972 bits per heavy atom. The third-order valence-electron chi connectivity index (χ3n) is 4.63. The van der Waals surface area contributed by atoms with E-state index in [9.17, 15) is 21.6 Å². The molecule has 13 heteroatoms.